The van der Waals surface area contributed by atoms with Crippen molar-refractivity contribution < 1.29 is 9.53 Å². The molecule has 0 bridgehead atoms. The van der Waals surface area contributed by atoms with Gasteiger partial charge in [0, 0.05) is 56.1 Å². The highest BCUT2D eigenvalue weighted by Crippen LogP contribution is 2.14. The first-order valence-electron chi connectivity index (χ1n) is 10.3. The average molecular weight is 463 g/mol. The van der Waals surface area contributed by atoms with Crippen molar-refractivity contribution in [3.63, 3.8) is 0 Å². The zero-order valence-electron chi connectivity index (χ0n) is 18.5. The highest BCUT2D eigenvalue weighted by molar-refractivity contribution is 7.80. The summed E-state index contributed by atoms with van der Waals surface area (Å²) in [5, 5.41) is 9.98. The van der Waals surface area contributed by atoms with Gasteiger partial charge in [0.1, 0.15) is 0 Å². The molecule has 1 amide bonds. The molecule has 1 saturated heterocycles. The molecule has 168 valence electrons. The van der Waals surface area contributed by atoms with Gasteiger partial charge in [-0.3, -0.25) is 4.90 Å². The van der Waals surface area contributed by atoms with E-state index in [9.17, 15) is 4.79 Å². The molecule has 0 saturated carbocycles. The minimum absolute atomic E-state index is 0.128. The topological polar surface area (TPSA) is 82.6 Å². The molecule has 0 aromatic carbocycles. The summed E-state index contributed by atoms with van der Waals surface area (Å²) in [7, 11) is 0. The minimum atomic E-state index is -0.368. The molecule has 0 atom stereocenters. The number of carbonyl (C=O) groups is 1. The first-order valence-corrected chi connectivity index (χ1v) is 11.6. The van der Waals surface area contributed by atoms with E-state index in [0.717, 1.165) is 42.4 Å². The molecule has 2 aromatic rings. The molecule has 0 spiro atoms. The molecule has 2 N–H and O–H groups in total. The summed E-state index contributed by atoms with van der Waals surface area (Å²) < 4.78 is 5.43. The first kappa shape index (κ1) is 23.4. The number of aromatic nitrogens is 2. The summed E-state index contributed by atoms with van der Waals surface area (Å²) in [6, 6.07) is 3.44. The molecule has 0 aliphatic carbocycles. The van der Waals surface area contributed by atoms with Crippen molar-refractivity contribution in [2.45, 2.75) is 39.7 Å². The highest BCUT2D eigenvalue weighted by atomic mass is 32.1. The van der Waals surface area contributed by atoms with E-state index in [1.807, 2.05) is 27.7 Å². The van der Waals surface area contributed by atoms with Gasteiger partial charge in [0.05, 0.1) is 22.6 Å². The van der Waals surface area contributed by atoms with Gasteiger partial charge in [0.2, 0.25) is 5.88 Å². The van der Waals surface area contributed by atoms with Crippen LogP contribution in [0.3, 0.4) is 0 Å². The molecule has 3 rings (SSSR count). The standard InChI is InChI=1S/C21H30N6O2S2/c1-15-23-17(14-31-15)7-8-26-9-11-27(12-10-26)20(28)29-18-6-5-16(13-22-18)24-19(30)25-21(2,3)4/h5-6,13-14H,7-12H2,1-4H3,(H2,24,25,30). The molecule has 1 aliphatic heterocycles. The fourth-order valence-electron chi connectivity index (χ4n) is 3.12. The van der Waals surface area contributed by atoms with E-state index >= 15 is 0 Å². The smallest absolute Gasteiger partial charge is 0.391 e. The van der Waals surface area contributed by atoms with Crippen LogP contribution in [0.5, 0.6) is 5.88 Å². The Balaban J connectivity index is 1.40. The number of nitrogens with one attached hydrogen (secondary N) is 2. The molecule has 1 aliphatic rings. The maximum atomic E-state index is 12.5. The van der Waals surface area contributed by atoms with E-state index in [1.54, 1.807) is 34.6 Å². The monoisotopic (exact) mass is 462 g/mol. The number of pyridine rings is 1. The van der Waals surface area contributed by atoms with Crippen LogP contribution in [-0.4, -0.2) is 69.2 Å². The van der Waals surface area contributed by atoms with Crippen LogP contribution in [0.25, 0.3) is 0 Å². The molecule has 10 heteroatoms. The Morgan fingerprint density at radius 2 is 2.00 bits per heavy atom. The maximum Gasteiger partial charge on any atom is 0.416 e. The first-order chi connectivity index (χ1) is 14.7. The summed E-state index contributed by atoms with van der Waals surface area (Å²) in [4.78, 5) is 25.3. The summed E-state index contributed by atoms with van der Waals surface area (Å²) in [6.45, 7) is 12.0. The normalized spacial score (nSPS) is 14.9. The van der Waals surface area contributed by atoms with E-state index < -0.39 is 0 Å². The van der Waals surface area contributed by atoms with Crippen LogP contribution in [0.15, 0.2) is 23.7 Å². The highest BCUT2D eigenvalue weighted by Gasteiger charge is 2.23. The Morgan fingerprint density at radius 1 is 1.26 bits per heavy atom. The van der Waals surface area contributed by atoms with Crippen molar-refractivity contribution in [3.05, 3.63) is 34.4 Å². The summed E-state index contributed by atoms with van der Waals surface area (Å²) in [5.74, 6) is 0.270. The number of amides is 1. The second kappa shape index (κ2) is 10.3. The Morgan fingerprint density at radius 3 is 2.58 bits per heavy atom. The SMILES string of the molecule is Cc1nc(CCN2CCN(C(=O)Oc3ccc(NC(=S)NC(C)(C)C)cn3)CC2)cs1. The number of nitrogens with zero attached hydrogens (tertiary/aromatic N) is 4. The number of ether oxygens (including phenoxy) is 1. The number of thiocarbonyl (C=S) groups is 1. The van der Waals surface area contributed by atoms with Crippen molar-refractivity contribution in [1.82, 2.24) is 25.1 Å². The van der Waals surface area contributed by atoms with Gasteiger partial charge in [-0.2, -0.15) is 0 Å². The predicted octanol–water partition coefficient (Wildman–Crippen LogP) is 3.29. The largest absolute Gasteiger partial charge is 0.416 e. The Bertz CT molecular complexity index is 886. The van der Waals surface area contributed by atoms with Crippen LogP contribution in [0, 0.1) is 6.92 Å². The van der Waals surface area contributed by atoms with Gasteiger partial charge < -0.3 is 20.3 Å². The number of aryl methyl sites for hydroxylation is 1. The van der Waals surface area contributed by atoms with Gasteiger partial charge in [0.15, 0.2) is 5.11 Å². The van der Waals surface area contributed by atoms with Crippen LogP contribution in [0.2, 0.25) is 0 Å². The zero-order chi connectivity index (χ0) is 22.4. The quantitative estimate of drug-likeness (QED) is 0.655. The third kappa shape index (κ3) is 7.71. The molecule has 0 radical (unpaired) electrons. The van der Waals surface area contributed by atoms with Crippen molar-refractivity contribution in [1.29, 1.82) is 0 Å². The molecule has 3 heterocycles. The maximum absolute atomic E-state index is 12.5. The molecule has 8 nitrogen and oxygen atoms in total. The van der Waals surface area contributed by atoms with E-state index in [-0.39, 0.29) is 17.5 Å². The van der Waals surface area contributed by atoms with Gasteiger partial charge in [0.25, 0.3) is 0 Å². The fourth-order valence-corrected chi connectivity index (χ4v) is 4.19. The fraction of sp³-hybridized carbons (Fsp3) is 0.524. The minimum Gasteiger partial charge on any atom is -0.391 e. The van der Waals surface area contributed by atoms with Crippen molar-refractivity contribution >= 4 is 40.4 Å². The van der Waals surface area contributed by atoms with Crippen LogP contribution in [-0.2, 0) is 6.42 Å². The number of thiazole rings is 1. The van der Waals surface area contributed by atoms with E-state index in [4.69, 9.17) is 17.0 Å². The number of hydrogen-bond donors (Lipinski definition) is 2. The van der Waals surface area contributed by atoms with E-state index in [1.165, 1.54) is 0 Å². The molecule has 1 fully saturated rings. The molecule has 2 aromatic heterocycles. The van der Waals surface area contributed by atoms with Gasteiger partial charge in [-0.15, -0.1) is 11.3 Å². The third-order valence-corrected chi connectivity index (χ3v) is 5.68. The third-order valence-electron chi connectivity index (χ3n) is 4.66. The Labute approximate surface area is 193 Å². The lowest BCUT2D eigenvalue weighted by atomic mass is 10.1. The summed E-state index contributed by atoms with van der Waals surface area (Å²) >= 11 is 6.96. The number of piperazine rings is 1. The lowest BCUT2D eigenvalue weighted by Crippen LogP contribution is -2.50. The number of hydrogen-bond acceptors (Lipinski definition) is 7. The average Bonchev–Trinajstić information content (AvgIpc) is 3.12. The van der Waals surface area contributed by atoms with E-state index in [2.05, 4.69) is 30.9 Å². The summed E-state index contributed by atoms with van der Waals surface area (Å²) in [6.07, 6.45) is 2.17. The lowest BCUT2D eigenvalue weighted by molar-refractivity contribution is 0.110. The molecular weight excluding hydrogens is 432 g/mol. The van der Waals surface area contributed by atoms with Gasteiger partial charge in [-0.1, -0.05) is 0 Å². The van der Waals surface area contributed by atoms with Crippen molar-refractivity contribution in [3.8, 4) is 5.88 Å². The molecule has 0 unspecified atom stereocenters. The van der Waals surface area contributed by atoms with Gasteiger partial charge in [-0.25, -0.2) is 14.8 Å². The second-order valence-corrected chi connectivity index (χ2v) is 9.99. The predicted molar refractivity (Wildman–Crippen MR) is 128 cm³/mol. The number of anilines is 1. The van der Waals surface area contributed by atoms with Crippen LogP contribution in [0.1, 0.15) is 31.5 Å². The number of carbonyl (C=O) groups excluding carboxylic acids is 1. The van der Waals surface area contributed by atoms with Crippen molar-refractivity contribution in [2.24, 2.45) is 0 Å². The number of rotatable bonds is 5. The van der Waals surface area contributed by atoms with Gasteiger partial charge >= 0.3 is 6.09 Å². The van der Waals surface area contributed by atoms with Crippen LogP contribution in [0.4, 0.5) is 10.5 Å². The molecule has 31 heavy (non-hydrogen) atoms. The van der Waals surface area contributed by atoms with Crippen molar-refractivity contribution in [2.75, 3.05) is 38.0 Å². The van der Waals surface area contributed by atoms with Crippen LogP contribution < -0.4 is 15.4 Å². The summed E-state index contributed by atoms with van der Waals surface area (Å²) in [5.41, 5.74) is 1.74. The Kier molecular flexibility index (Phi) is 7.79. The molecular formula is C21H30N6O2S2. The van der Waals surface area contributed by atoms with Gasteiger partial charge in [-0.05, 0) is 46.0 Å². The van der Waals surface area contributed by atoms with Crippen LogP contribution >= 0.6 is 23.6 Å². The Hall–Kier alpha value is -2.30. The van der Waals surface area contributed by atoms with E-state index in [0.29, 0.717) is 18.2 Å². The second-order valence-electron chi connectivity index (χ2n) is 8.52. The lowest BCUT2D eigenvalue weighted by Gasteiger charge is -2.33. The zero-order valence-corrected chi connectivity index (χ0v) is 20.1.